The lowest BCUT2D eigenvalue weighted by Gasteiger charge is -2.15. The summed E-state index contributed by atoms with van der Waals surface area (Å²) in [7, 11) is 0. The van der Waals surface area contributed by atoms with E-state index in [1.165, 1.54) is 19.3 Å². The largest absolute Gasteiger partial charge is 0.377 e. The predicted molar refractivity (Wildman–Crippen MR) is 46.7 cm³/mol. The maximum Gasteiger partial charge on any atom is 0.0700 e. The van der Waals surface area contributed by atoms with Crippen molar-refractivity contribution >= 4 is 0 Å². The minimum atomic E-state index is 0.423. The second kappa shape index (κ2) is 4.73. The summed E-state index contributed by atoms with van der Waals surface area (Å²) in [5.74, 6) is 0. The molecule has 0 aromatic rings. The zero-order chi connectivity index (χ0) is 8.10. The van der Waals surface area contributed by atoms with Gasteiger partial charge in [0.2, 0.25) is 0 Å². The molecule has 2 nitrogen and oxygen atoms in total. The zero-order valence-electron chi connectivity index (χ0n) is 7.60. The van der Waals surface area contributed by atoms with Crippen molar-refractivity contribution in [2.45, 2.75) is 45.3 Å². The van der Waals surface area contributed by atoms with Gasteiger partial charge in [-0.25, -0.2) is 0 Å². The van der Waals surface area contributed by atoms with Crippen LogP contribution in [0.25, 0.3) is 0 Å². The van der Waals surface area contributed by atoms with Crippen LogP contribution >= 0.6 is 0 Å². The summed E-state index contributed by atoms with van der Waals surface area (Å²) in [6.07, 6.45) is 4.16. The fraction of sp³-hybridized carbons (Fsp3) is 1.00. The van der Waals surface area contributed by atoms with E-state index in [1.807, 2.05) is 0 Å². The summed E-state index contributed by atoms with van der Waals surface area (Å²) in [5, 5.41) is 3.51. The molecule has 0 aliphatic carbocycles. The number of hydrogen-bond donors (Lipinski definition) is 1. The molecule has 0 radical (unpaired) electrons. The average molecular weight is 157 g/mol. The molecule has 0 amide bonds. The Morgan fingerprint density at radius 2 is 2.36 bits per heavy atom. The molecule has 1 rings (SSSR count). The molecule has 1 aliphatic rings. The number of rotatable bonds is 4. The molecule has 1 fully saturated rings. The van der Waals surface area contributed by atoms with Crippen LogP contribution in [0.3, 0.4) is 0 Å². The van der Waals surface area contributed by atoms with E-state index < -0.39 is 0 Å². The lowest BCUT2D eigenvalue weighted by Crippen LogP contribution is -2.35. The Morgan fingerprint density at radius 1 is 1.55 bits per heavy atom. The van der Waals surface area contributed by atoms with Crippen molar-refractivity contribution in [1.82, 2.24) is 5.32 Å². The molecule has 1 saturated heterocycles. The number of unbranched alkanes of at least 4 members (excludes halogenated alkanes) is 1. The number of ether oxygens (including phenoxy) is 1. The predicted octanol–water partition coefficient (Wildman–Crippen LogP) is 1.55. The first-order valence-corrected chi connectivity index (χ1v) is 4.69. The van der Waals surface area contributed by atoms with Gasteiger partial charge < -0.3 is 10.1 Å². The van der Waals surface area contributed by atoms with E-state index in [2.05, 4.69) is 19.2 Å². The smallest absolute Gasteiger partial charge is 0.0700 e. The van der Waals surface area contributed by atoms with Crippen LogP contribution in [-0.4, -0.2) is 25.3 Å². The summed E-state index contributed by atoms with van der Waals surface area (Å²) in [6, 6.07) is 0.613. The molecule has 2 heteroatoms. The molecule has 1 N–H and O–H groups in total. The molecular weight excluding hydrogens is 138 g/mol. The van der Waals surface area contributed by atoms with Crippen molar-refractivity contribution in [1.29, 1.82) is 0 Å². The van der Waals surface area contributed by atoms with Crippen molar-refractivity contribution in [3.05, 3.63) is 0 Å². The lowest BCUT2D eigenvalue weighted by atomic mass is 10.1. The van der Waals surface area contributed by atoms with Crippen molar-refractivity contribution in [3.63, 3.8) is 0 Å². The van der Waals surface area contributed by atoms with Gasteiger partial charge in [-0.2, -0.15) is 0 Å². The van der Waals surface area contributed by atoms with Crippen LogP contribution in [0.4, 0.5) is 0 Å². The summed E-state index contributed by atoms with van der Waals surface area (Å²) in [5.41, 5.74) is 0. The first-order valence-electron chi connectivity index (χ1n) is 4.69. The van der Waals surface area contributed by atoms with Gasteiger partial charge in [-0.15, -0.1) is 0 Å². The Morgan fingerprint density at radius 3 is 2.91 bits per heavy atom. The number of hydrogen-bond acceptors (Lipinski definition) is 2. The highest BCUT2D eigenvalue weighted by Crippen LogP contribution is 2.12. The van der Waals surface area contributed by atoms with Gasteiger partial charge in [0.25, 0.3) is 0 Å². The summed E-state index contributed by atoms with van der Waals surface area (Å²) < 4.78 is 5.43. The minimum absolute atomic E-state index is 0.423. The average Bonchev–Trinajstić information content (AvgIpc) is 2.37. The third kappa shape index (κ3) is 2.80. The molecule has 11 heavy (non-hydrogen) atoms. The van der Waals surface area contributed by atoms with Crippen LogP contribution in [0, 0.1) is 0 Å². The van der Waals surface area contributed by atoms with E-state index in [0.717, 1.165) is 13.2 Å². The first kappa shape index (κ1) is 9.01. The molecule has 2 atom stereocenters. The van der Waals surface area contributed by atoms with Crippen LogP contribution in [-0.2, 0) is 4.74 Å². The Labute approximate surface area is 69.3 Å². The summed E-state index contributed by atoms with van der Waals surface area (Å²) >= 11 is 0. The quantitative estimate of drug-likeness (QED) is 0.625. The molecular formula is C9H19NO. The van der Waals surface area contributed by atoms with Gasteiger partial charge in [0.1, 0.15) is 0 Å². The van der Waals surface area contributed by atoms with Crippen molar-refractivity contribution in [2.24, 2.45) is 0 Å². The highest BCUT2D eigenvalue weighted by atomic mass is 16.5. The third-order valence-electron chi connectivity index (χ3n) is 2.31. The van der Waals surface area contributed by atoms with E-state index in [1.54, 1.807) is 0 Å². The first-order chi connectivity index (χ1) is 5.34. The SMILES string of the molecule is CCCCN[C@@H]1CCO[C@@H]1C. The molecule has 0 saturated carbocycles. The van der Waals surface area contributed by atoms with E-state index >= 15 is 0 Å². The van der Waals surface area contributed by atoms with E-state index in [-0.39, 0.29) is 0 Å². The highest BCUT2D eigenvalue weighted by molar-refractivity contribution is 4.78. The van der Waals surface area contributed by atoms with E-state index in [4.69, 9.17) is 4.74 Å². The van der Waals surface area contributed by atoms with Gasteiger partial charge in [0, 0.05) is 12.6 Å². The van der Waals surface area contributed by atoms with Gasteiger partial charge in [-0.1, -0.05) is 13.3 Å². The summed E-state index contributed by atoms with van der Waals surface area (Å²) in [6.45, 7) is 6.45. The molecule has 0 spiro atoms. The van der Waals surface area contributed by atoms with E-state index in [0.29, 0.717) is 12.1 Å². The second-order valence-corrected chi connectivity index (χ2v) is 3.28. The fourth-order valence-corrected chi connectivity index (χ4v) is 1.46. The monoisotopic (exact) mass is 157 g/mol. The Hall–Kier alpha value is -0.0800. The zero-order valence-corrected chi connectivity index (χ0v) is 7.60. The maximum atomic E-state index is 5.43. The van der Waals surface area contributed by atoms with Gasteiger partial charge in [-0.3, -0.25) is 0 Å². The normalized spacial score (nSPS) is 31.1. The van der Waals surface area contributed by atoms with Crippen LogP contribution in [0.15, 0.2) is 0 Å². The topological polar surface area (TPSA) is 21.3 Å². The van der Waals surface area contributed by atoms with Crippen LogP contribution in [0.1, 0.15) is 33.1 Å². The third-order valence-corrected chi connectivity index (χ3v) is 2.31. The van der Waals surface area contributed by atoms with Crippen LogP contribution in [0.2, 0.25) is 0 Å². The fourth-order valence-electron chi connectivity index (χ4n) is 1.46. The molecule has 1 heterocycles. The molecule has 0 aromatic carbocycles. The van der Waals surface area contributed by atoms with Gasteiger partial charge in [-0.05, 0) is 26.3 Å². The minimum Gasteiger partial charge on any atom is -0.377 e. The van der Waals surface area contributed by atoms with Gasteiger partial charge in [0.15, 0.2) is 0 Å². The van der Waals surface area contributed by atoms with E-state index in [9.17, 15) is 0 Å². The van der Waals surface area contributed by atoms with Crippen LogP contribution in [0.5, 0.6) is 0 Å². The van der Waals surface area contributed by atoms with Crippen molar-refractivity contribution in [2.75, 3.05) is 13.2 Å². The Bertz CT molecular complexity index is 106. The van der Waals surface area contributed by atoms with Crippen molar-refractivity contribution < 1.29 is 4.74 Å². The standard InChI is InChI=1S/C9H19NO/c1-3-4-6-10-9-5-7-11-8(9)2/h8-10H,3-7H2,1-2H3/t8-,9-/m1/s1. The molecule has 66 valence electrons. The van der Waals surface area contributed by atoms with Crippen molar-refractivity contribution in [3.8, 4) is 0 Å². The van der Waals surface area contributed by atoms with Gasteiger partial charge >= 0.3 is 0 Å². The lowest BCUT2D eigenvalue weighted by molar-refractivity contribution is 0.113. The summed E-state index contributed by atoms with van der Waals surface area (Å²) in [4.78, 5) is 0. The highest BCUT2D eigenvalue weighted by Gasteiger charge is 2.22. The molecule has 1 aliphatic heterocycles. The Kier molecular flexibility index (Phi) is 3.87. The Balaban J connectivity index is 2.05. The second-order valence-electron chi connectivity index (χ2n) is 3.28. The van der Waals surface area contributed by atoms with Gasteiger partial charge in [0.05, 0.1) is 6.10 Å². The number of nitrogens with one attached hydrogen (secondary N) is 1. The molecule has 0 aromatic heterocycles. The van der Waals surface area contributed by atoms with Crippen LogP contribution < -0.4 is 5.32 Å². The molecule has 0 unspecified atom stereocenters. The molecule has 0 bridgehead atoms. The maximum absolute atomic E-state index is 5.43.